The van der Waals surface area contributed by atoms with Crippen molar-refractivity contribution >= 4 is 19.9 Å². The van der Waals surface area contributed by atoms with Crippen LogP contribution in [0.1, 0.15) is 19.8 Å². The zero-order chi connectivity index (χ0) is 9.24. The molecule has 0 aromatic heterocycles. The van der Waals surface area contributed by atoms with Crippen molar-refractivity contribution in [2.45, 2.75) is 25.4 Å². The van der Waals surface area contributed by atoms with Gasteiger partial charge in [-0.05, 0) is 19.8 Å². The van der Waals surface area contributed by atoms with Crippen LogP contribution in [0.25, 0.3) is 0 Å². The van der Waals surface area contributed by atoms with Crippen molar-refractivity contribution in [3.05, 3.63) is 0 Å². The summed E-state index contributed by atoms with van der Waals surface area (Å²) in [7, 11) is 1.37. The van der Waals surface area contributed by atoms with Crippen molar-refractivity contribution < 1.29 is 13.2 Å². The van der Waals surface area contributed by atoms with E-state index < -0.39 is 9.24 Å². The highest BCUT2D eigenvalue weighted by Crippen LogP contribution is 2.24. The zero-order valence-corrected chi connectivity index (χ0v) is 8.41. The van der Waals surface area contributed by atoms with Crippen molar-refractivity contribution in [3.63, 3.8) is 0 Å². The van der Waals surface area contributed by atoms with Gasteiger partial charge >= 0.3 is 0 Å². The molecule has 1 aliphatic rings. The van der Waals surface area contributed by atoms with Crippen LogP contribution >= 0.6 is 10.7 Å². The van der Waals surface area contributed by atoms with Crippen LogP contribution in [0.4, 0.5) is 0 Å². The van der Waals surface area contributed by atoms with E-state index in [0.29, 0.717) is 6.61 Å². The van der Waals surface area contributed by atoms with Gasteiger partial charge in [-0.2, -0.15) is 13.1 Å². The number of hydrogen-bond donors (Lipinski definition) is 1. The number of ether oxygens (including phenoxy) is 1. The average molecular weight is 214 g/mol. The Bertz CT molecular complexity index is 246. The van der Waals surface area contributed by atoms with Crippen molar-refractivity contribution in [2.24, 2.45) is 0 Å². The average Bonchev–Trinajstić information content (AvgIpc) is 2.32. The van der Waals surface area contributed by atoms with Crippen LogP contribution in [-0.4, -0.2) is 27.2 Å². The van der Waals surface area contributed by atoms with Crippen LogP contribution in [0, 0.1) is 0 Å². The lowest BCUT2D eigenvalue weighted by molar-refractivity contribution is 0.0252. The van der Waals surface area contributed by atoms with Crippen LogP contribution < -0.4 is 4.72 Å². The van der Waals surface area contributed by atoms with Gasteiger partial charge in [0.25, 0.3) is 9.24 Å². The first-order valence-corrected chi connectivity index (χ1v) is 6.05. The third-order valence-corrected chi connectivity index (χ3v) is 2.74. The summed E-state index contributed by atoms with van der Waals surface area (Å²) in [5, 5.41) is 0. The molecule has 4 nitrogen and oxygen atoms in total. The molecular formula is C6H12ClNO3S. The van der Waals surface area contributed by atoms with E-state index in [2.05, 4.69) is 4.72 Å². The lowest BCUT2D eigenvalue weighted by Gasteiger charge is -2.22. The molecule has 1 N–H and O–H groups in total. The third-order valence-electron chi connectivity index (χ3n) is 1.92. The maximum atomic E-state index is 10.5. The Morgan fingerprint density at radius 3 is 2.75 bits per heavy atom. The van der Waals surface area contributed by atoms with Crippen LogP contribution in [0.15, 0.2) is 0 Å². The van der Waals surface area contributed by atoms with Gasteiger partial charge in [-0.25, -0.2) is 0 Å². The molecular weight excluding hydrogens is 202 g/mol. The van der Waals surface area contributed by atoms with Crippen LogP contribution in [0.5, 0.6) is 0 Å². The molecule has 72 valence electrons. The Morgan fingerprint density at radius 1 is 1.67 bits per heavy atom. The lowest BCUT2D eigenvalue weighted by Crippen LogP contribution is -2.38. The monoisotopic (exact) mass is 213 g/mol. The fourth-order valence-electron chi connectivity index (χ4n) is 1.22. The molecule has 0 aliphatic carbocycles. The van der Waals surface area contributed by atoms with Gasteiger partial charge in [0.05, 0.1) is 5.60 Å². The normalized spacial score (nSPS) is 30.8. The minimum atomic E-state index is -3.61. The largest absolute Gasteiger partial charge is 0.374 e. The van der Waals surface area contributed by atoms with E-state index in [1.54, 1.807) is 0 Å². The molecule has 6 heteroatoms. The second-order valence-electron chi connectivity index (χ2n) is 3.16. The van der Waals surface area contributed by atoms with Crippen LogP contribution in [0.3, 0.4) is 0 Å². The molecule has 1 unspecified atom stereocenters. The Balaban J connectivity index is 2.41. The second-order valence-corrected chi connectivity index (χ2v) is 5.54. The molecule has 1 fully saturated rings. The molecule has 0 radical (unpaired) electrons. The zero-order valence-electron chi connectivity index (χ0n) is 6.84. The molecule has 1 aliphatic heterocycles. The first-order chi connectivity index (χ1) is 5.41. The quantitative estimate of drug-likeness (QED) is 0.700. The van der Waals surface area contributed by atoms with Gasteiger partial charge in [-0.15, -0.1) is 0 Å². The standard InChI is InChI=1S/C6H12ClNO3S/c1-6(3-2-4-11-6)5-8-12(7,9)10/h8H,2-5H2,1H3. The summed E-state index contributed by atoms with van der Waals surface area (Å²) < 4.78 is 28.6. The van der Waals surface area contributed by atoms with Gasteiger partial charge < -0.3 is 4.74 Å². The Hall–Kier alpha value is 0.160. The van der Waals surface area contributed by atoms with E-state index in [1.807, 2.05) is 6.92 Å². The van der Waals surface area contributed by atoms with Crippen molar-refractivity contribution in [2.75, 3.05) is 13.2 Å². The highest BCUT2D eigenvalue weighted by Gasteiger charge is 2.30. The smallest absolute Gasteiger partial charge is 0.297 e. The maximum Gasteiger partial charge on any atom is 0.297 e. The second kappa shape index (κ2) is 3.49. The third kappa shape index (κ3) is 3.26. The molecule has 1 heterocycles. The van der Waals surface area contributed by atoms with Crippen molar-refractivity contribution in [1.82, 2.24) is 4.72 Å². The van der Waals surface area contributed by atoms with Gasteiger partial charge in [0.2, 0.25) is 0 Å². The van der Waals surface area contributed by atoms with Gasteiger partial charge in [-0.3, -0.25) is 0 Å². The fraction of sp³-hybridized carbons (Fsp3) is 1.00. The predicted molar refractivity (Wildman–Crippen MR) is 46.4 cm³/mol. The van der Waals surface area contributed by atoms with Crippen molar-refractivity contribution in [3.8, 4) is 0 Å². The molecule has 0 spiro atoms. The van der Waals surface area contributed by atoms with E-state index >= 15 is 0 Å². The van der Waals surface area contributed by atoms with E-state index in [4.69, 9.17) is 15.4 Å². The van der Waals surface area contributed by atoms with Gasteiger partial charge in [0.15, 0.2) is 0 Å². The van der Waals surface area contributed by atoms with Crippen LogP contribution in [-0.2, 0) is 14.0 Å². The molecule has 1 saturated heterocycles. The lowest BCUT2D eigenvalue weighted by atomic mass is 10.0. The summed E-state index contributed by atoms with van der Waals surface area (Å²) in [5.41, 5.74) is -0.373. The van der Waals surface area contributed by atoms with E-state index in [0.717, 1.165) is 12.8 Å². The first kappa shape index (κ1) is 10.2. The summed E-state index contributed by atoms with van der Waals surface area (Å²) in [6.45, 7) is 2.81. The molecule has 12 heavy (non-hydrogen) atoms. The molecule has 1 atom stereocenters. The Labute approximate surface area is 76.8 Å². The highest BCUT2D eigenvalue weighted by molar-refractivity contribution is 8.12. The van der Waals surface area contributed by atoms with E-state index in [1.165, 1.54) is 0 Å². The van der Waals surface area contributed by atoms with Gasteiger partial charge in [0.1, 0.15) is 0 Å². The van der Waals surface area contributed by atoms with Gasteiger partial charge in [-0.1, -0.05) is 0 Å². The van der Waals surface area contributed by atoms with E-state index in [9.17, 15) is 8.42 Å². The molecule has 0 amide bonds. The minimum Gasteiger partial charge on any atom is -0.374 e. The minimum absolute atomic E-state index is 0.249. The Morgan fingerprint density at radius 2 is 2.33 bits per heavy atom. The SMILES string of the molecule is CC1(CNS(=O)(=O)Cl)CCCO1. The summed E-state index contributed by atoms with van der Waals surface area (Å²) in [6, 6.07) is 0. The summed E-state index contributed by atoms with van der Waals surface area (Å²) in [5.74, 6) is 0. The fourth-order valence-corrected chi connectivity index (χ4v) is 1.86. The number of nitrogens with one attached hydrogen (secondary N) is 1. The molecule has 1 rings (SSSR count). The summed E-state index contributed by atoms with van der Waals surface area (Å²) >= 11 is 0. The Kier molecular flexibility index (Phi) is 2.98. The van der Waals surface area contributed by atoms with Gasteiger partial charge in [0, 0.05) is 23.8 Å². The van der Waals surface area contributed by atoms with E-state index in [-0.39, 0.29) is 12.1 Å². The molecule has 0 bridgehead atoms. The van der Waals surface area contributed by atoms with Crippen molar-refractivity contribution in [1.29, 1.82) is 0 Å². The number of halogens is 1. The number of hydrogen-bond acceptors (Lipinski definition) is 3. The topological polar surface area (TPSA) is 55.4 Å². The summed E-state index contributed by atoms with van der Waals surface area (Å²) in [6.07, 6.45) is 1.84. The predicted octanol–water partition coefficient (Wildman–Crippen LogP) is 0.629. The van der Waals surface area contributed by atoms with Crippen LogP contribution in [0.2, 0.25) is 0 Å². The highest BCUT2D eigenvalue weighted by atomic mass is 35.7. The first-order valence-electron chi connectivity index (χ1n) is 3.75. The number of rotatable bonds is 3. The molecule has 0 saturated carbocycles. The maximum absolute atomic E-state index is 10.5. The molecule has 0 aromatic carbocycles. The summed E-state index contributed by atoms with van der Waals surface area (Å²) in [4.78, 5) is 0. The molecule has 0 aromatic rings.